The quantitative estimate of drug-likeness (QED) is 0.0211. The van der Waals surface area contributed by atoms with Crippen LogP contribution in [0.25, 0.3) is 0 Å². The molecular weight excluding hydrogens is 1250 g/mol. The summed E-state index contributed by atoms with van der Waals surface area (Å²) >= 11 is 0. The van der Waals surface area contributed by atoms with Gasteiger partial charge < -0.3 is 28.5 Å². The zero-order valence-corrected chi connectivity index (χ0v) is 65.5. The first kappa shape index (κ1) is 95.4. The number of carboxylic acid groups (broad SMARTS) is 1. The van der Waals surface area contributed by atoms with E-state index in [1.165, 1.54) is 148 Å². The molecular formula is C92H152NO8+. The van der Waals surface area contributed by atoms with E-state index in [1.807, 2.05) is 21.1 Å². The number of carbonyl (C=O) groups is 3. The van der Waals surface area contributed by atoms with E-state index in [1.54, 1.807) is 0 Å². The van der Waals surface area contributed by atoms with Gasteiger partial charge in [0.15, 0.2) is 6.10 Å². The number of likely N-dealkylation sites (N-methyl/N-ethyl adjacent to an activating group) is 1. The van der Waals surface area contributed by atoms with Gasteiger partial charge in [-0.25, -0.2) is 4.79 Å². The number of ether oxygens (including phenoxy) is 4. The van der Waals surface area contributed by atoms with Gasteiger partial charge >= 0.3 is 17.9 Å². The molecule has 0 aromatic rings. The second-order valence-electron chi connectivity index (χ2n) is 28.0. The van der Waals surface area contributed by atoms with Gasteiger partial charge in [0.1, 0.15) is 13.2 Å². The highest BCUT2D eigenvalue weighted by atomic mass is 16.7. The van der Waals surface area contributed by atoms with Crippen LogP contribution in [0.2, 0.25) is 0 Å². The first-order valence-electron chi connectivity index (χ1n) is 40.9. The maximum absolute atomic E-state index is 13.0. The number of allylic oxidation sites excluding steroid dienone is 30. The van der Waals surface area contributed by atoms with Crippen molar-refractivity contribution < 1.29 is 42.9 Å². The van der Waals surface area contributed by atoms with Crippen LogP contribution in [0.15, 0.2) is 182 Å². The molecule has 9 nitrogen and oxygen atoms in total. The Bertz CT molecular complexity index is 2330. The number of nitrogens with zero attached hydrogens (tertiary/aromatic N) is 1. The third kappa shape index (κ3) is 81.6. The Labute approximate surface area is 621 Å². The standard InChI is InChI=1S/C92H151NO8/c1-6-8-10-12-14-16-18-20-22-24-26-28-30-32-34-36-38-40-42-43-44-45-46-47-49-50-52-54-56-58-60-62-64-66-68-70-72-74-76-78-80-82-89(94)99-86-88(87-100-92(91(96)97)98-85-84-93(3,4)5)101-90(95)83-81-79-77-75-73-71-69-67-65-63-61-59-57-55-53-51-48-41-39-37-35-33-31-29-27-25-23-21-19-17-15-13-11-9-7-2/h8-11,14-17,20-23,26-29,32-35,38-41,51,53,57,59,63,65,88,92H,6-7,12-13,18-19,24-25,30-31,36-37,42-50,52,54-56,58,60-62,64,66-87H2,1-5H3/p+1/b10-8-,11-9-,16-14-,17-15-,22-20-,23-21-,28-26-,29-27-,34-32-,35-33-,40-38-,41-39-,53-51-,59-57-,65-63-. The van der Waals surface area contributed by atoms with Crippen molar-refractivity contribution in [3.05, 3.63) is 182 Å². The van der Waals surface area contributed by atoms with Crippen LogP contribution < -0.4 is 0 Å². The van der Waals surface area contributed by atoms with E-state index < -0.39 is 24.3 Å². The molecule has 0 radical (unpaired) electrons. The van der Waals surface area contributed by atoms with Crippen molar-refractivity contribution in [3.8, 4) is 0 Å². The van der Waals surface area contributed by atoms with Crippen LogP contribution in [0.4, 0.5) is 0 Å². The molecule has 0 aliphatic rings. The predicted octanol–water partition coefficient (Wildman–Crippen LogP) is 26.7. The summed E-state index contributed by atoms with van der Waals surface area (Å²) in [5.41, 5.74) is 0. The number of carbonyl (C=O) groups excluding carboxylic acids is 2. The molecule has 0 aliphatic carbocycles. The fourth-order valence-corrected chi connectivity index (χ4v) is 11.0. The average Bonchev–Trinajstić information content (AvgIpc) is 1.25. The largest absolute Gasteiger partial charge is 0.477 e. The molecule has 0 aromatic carbocycles. The highest BCUT2D eigenvalue weighted by Gasteiger charge is 2.25. The number of rotatable bonds is 74. The lowest BCUT2D eigenvalue weighted by Crippen LogP contribution is -2.40. The minimum absolute atomic E-state index is 0.178. The van der Waals surface area contributed by atoms with Crippen LogP contribution in [-0.2, 0) is 33.3 Å². The third-order valence-corrected chi connectivity index (χ3v) is 17.2. The minimum Gasteiger partial charge on any atom is -0.477 e. The normalized spacial score (nSPS) is 13.6. The molecule has 0 saturated heterocycles. The zero-order chi connectivity index (χ0) is 73.2. The second-order valence-corrected chi connectivity index (χ2v) is 28.0. The molecule has 0 aliphatic heterocycles. The van der Waals surface area contributed by atoms with Crippen LogP contribution in [0.1, 0.15) is 322 Å². The molecule has 0 saturated carbocycles. The Kier molecular flexibility index (Phi) is 75.6. The second kappa shape index (κ2) is 80.1. The number of aliphatic carboxylic acids is 1. The van der Waals surface area contributed by atoms with Gasteiger partial charge in [0.2, 0.25) is 0 Å². The van der Waals surface area contributed by atoms with E-state index in [2.05, 4.69) is 196 Å². The molecule has 2 atom stereocenters. The van der Waals surface area contributed by atoms with Gasteiger partial charge in [-0.3, -0.25) is 9.59 Å². The zero-order valence-electron chi connectivity index (χ0n) is 65.5. The Hall–Kier alpha value is -5.61. The highest BCUT2D eigenvalue weighted by Crippen LogP contribution is 2.18. The number of hydrogen-bond acceptors (Lipinski definition) is 7. The maximum atomic E-state index is 13.0. The Morgan fingerprint density at radius 2 is 0.535 bits per heavy atom. The molecule has 9 heteroatoms. The van der Waals surface area contributed by atoms with Crippen molar-refractivity contribution in [3.63, 3.8) is 0 Å². The van der Waals surface area contributed by atoms with Gasteiger partial charge in [0.05, 0.1) is 34.4 Å². The predicted molar refractivity (Wildman–Crippen MR) is 437 cm³/mol. The molecule has 0 fully saturated rings. The summed E-state index contributed by atoms with van der Waals surface area (Å²) in [6, 6.07) is 0. The Morgan fingerprint density at radius 1 is 0.297 bits per heavy atom. The van der Waals surface area contributed by atoms with E-state index in [0.717, 1.165) is 141 Å². The van der Waals surface area contributed by atoms with Crippen LogP contribution in [-0.4, -0.2) is 87.4 Å². The van der Waals surface area contributed by atoms with Gasteiger partial charge in [0, 0.05) is 12.8 Å². The van der Waals surface area contributed by atoms with E-state index >= 15 is 0 Å². The van der Waals surface area contributed by atoms with E-state index in [0.29, 0.717) is 23.9 Å². The lowest BCUT2D eigenvalue weighted by atomic mass is 10.0. The first-order chi connectivity index (χ1) is 49.6. The van der Waals surface area contributed by atoms with Crippen molar-refractivity contribution in [2.24, 2.45) is 0 Å². The molecule has 0 spiro atoms. The molecule has 0 heterocycles. The monoisotopic (exact) mass is 1400 g/mol. The van der Waals surface area contributed by atoms with Gasteiger partial charge in [-0.2, -0.15) is 0 Å². The Balaban J connectivity index is 4.07. The third-order valence-electron chi connectivity index (χ3n) is 17.2. The molecule has 0 bridgehead atoms. The maximum Gasteiger partial charge on any atom is 0.361 e. The van der Waals surface area contributed by atoms with Crippen LogP contribution >= 0.6 is 0 Å². The number of esters is 2. The summed E-state index contributed by atoms with van der Waals surface area (Å²) in [7, 11) is 5.97. The van der Waals surface area contributed by atoms with E-state index in [9.17, 15) is 19.5 Å². The molecule has 0 aromatic heterocycles. The number of hydrogen-bond donors (Lipinski definition) is 1. The van der Waals surface area contributed by atoms with Crippen molar-refractivity contribution >= 4 is 17.9 Å². The first-order valence-corrected chi connectivity index (χ1v) is 40.9. The molecule has 0 amide bonds. The van der Waals surface area contributed by atoms with Crippen molar-refractivity contribution in [1.82, 2.24) is 0 Å². The van der Waals surface area contributed by atoms with Crippen molar-refractivity contribution in [2.75, 3.05) is 47.5 Å². The summed E-state index contributed by atoms with van der Waals surface area (Å²) < 4.78 is 23.0. The van der Waals surface area contributed by atoms with Gasteiger partial charge in [-0.1, -0.05) is 357 Å². The average molecular weight is 1400 g/mol. The smallest absolute Gasteiger partial charge is 0.361 e. The highest BCUT2D eigenvalue weighted by molar-refractivity contribution is 5.71. The molecule has 0 rings (SSSR count). The van der Waals surface area contributed by atoms with E-state index in [4.69, 9.17) is 18.9 Å². The number of quaternary nitrogens is 1. The van der Waals surface area contributed by atoms with Crippen LogP contribution in [0.5, 0.6) is 0 Å². The SMILES string of the molecule is CC/C=C\C/C=C\C/C=C\C/C=C\C/C=C\C/C=C\C/C=C\C/C=C\C/C=C\CCCCCCCCCC(=O)OC(COC(=O)CCCCCCCCCCCCCCCCCCCCCCCC/C=C\C/C=C\C/C=C\C/C=C\C/C=C\C/C=C\CC)COC(OCC[N+](C)(C)C)C(=O)O. The lowest BCUT2D eigenvalue weighted by molar-refractivity contribution is -0.870. The lowest BCUT2D eigenvalue weighted by Gasteiger charge is -2.25. The topological polar surface area (TPSA) is 108 Å². The van der Waals surface area contributed by atoms with Gasteiger partial charge in [-0.15, -0.1) is 0 Å². The van der Waals surface area contributed by atoms with Crippen LogP contribution in [0.3, 0.4) is 0 Å². The molecule has 2 unspecified atom stereocenters. The molecule has 572 valence electrons. The number of unbranched alkanes of at least 4 members (excludes halogenated alkanes) is 29. The molecule has 1 N–H and O–H groups in total. The van der Waals surface area contributed by atoms with Crippen LogP contribution in [0, 0.1) is 0 Å². The summed E-state index contributed by atoms with van der Waals surface area (Å²) in [5.74, 6) is -2.02. The molecule has 101 heavy (non-hydrogen) atoms. The number of carboxylic acids is 1. The van der Waals surface area contributed by atoms with Gasteiger partial charge in [0.25, 0.3) is 6.29 Å². The Morgan fingerprint density at radius 3 is 0.792 bits per heavy atom. The fraction of sp³-hybridized carbons (Fsp3) is 0.641. The fourth-order valence-electron chi connectivity index (χ4n) is 11.0. The van der Waals surface area contributed by atoms with Gasteiger partial charge in [-0.05, 0) is 135 Å². The summed E-state index contributed by atoms with van der Waals surface area (Å²) in [5, 5.41) is 9.78. The van der Waals surface area contributed by atoms with E-state index in [-0.39, 0.29) is 32.2 Å². The summed E-state index contributed by atoms with van der Waals surface area (Å²) in [6.07, 6.45) is 119. The minimum atomic E-state index is -1.52. The van der Waals surface area contributed by atoms with Crippen molar-refractivity contribution in [1.29, 1.82) is 0 Å². The summed E-state index contributed by atoms with van der Waals surface area (Å²) in [4.78, 5) is 37.8. The summed E-state index contributed by atoms with van der Waals surface area (Å²) in [6.45, 7) is 4.64. The van der Waals surface area contributed by atoms with Crippen molar-refractivity contribution in [2.45, 2.75) is 334 Å².